The zero-order valence-electron chi connectivity index (χ0n) is 20.9. The lowest BCUT2D eigenvalue weighted by Crippen LogP contribution is -2.24. The fourth-order valence-electron chi connectivity index (χ4n) is 4.94. The fraction of sp³-hybridized carbons (Fsp3) is 0.267. The Bertz CT molecular complexity index is 1430. The molecule has 0 N–H and O–H groups in total. The molecule has 0 aliphatic carbocycles. The quantitative estimate of drug-likeness (QED) is 0.164. The van der Waals surface area contributed by atoms with E-state index in [0.29, 0.717) is 19.6 Å². The summed E-state index contributed by atoms with van der Waals surface area (Å²) in [5.41, 5.74) is 4.08. The lowest BCUT2D eigenvalue weighted by molar-refractivity contribution is -0.117. The van der Waals surface area contributed by atoms with E-state index in [1.807, 2.05) is 71.6 Å². The first-order chi connectivity index (χ1) is 18.1. The second kappa shape index (κ2) is 11.2. The van der Waals surface area contributed by atoms with Crippen molar-refractivity contribution in [3.05, 3.63) is 95.2 Å². The molecule has 0 bridgehead atoms. The van der Waals surface area contributed by atoms with Crippen molar-refractivity contribution >= 4 is 38.6 Å². The van der Waals surface area contributed by atoms with E-state index in [9.17, 15) is 4.79 Å². The number of carbonyl (C=O) groups is 1. The third-order valence-corrected chi connectivity index (χ3v) is 7.18. The van der Waals surface area contributed by atoms with Crippen molar-refractivity contribution in [2.24, 2.45) is 0 Å². The molecule has 190 valence electrons. The summed E-state index contributed by atoms with van der Waals surface area (Å²) in [4.78, 5) is 19.8. The third kappa shape index (κ3) is 5.42. The minimum absolute atomic E-state index is 0.0253. The van der Waals surface area contributed by atoms with Crippen LogP contribution < -0.4 is 14.4 Å². The SMILES string of the molecule is C=CCc1ccc(OCCCn2c(C3CC(=O)N(c4cccc(Br)c4)C3)nc3ccccc32)c(OC)c1. The maximum Gasteiger partial charge on any atom is 0.227 e. The number of benzene rings is 3. The zero-order chi connectivity index (χ0) is 25.8. The van der Waals surface area contributed by atoms with Gasteiger partial charge in [0.1, 0.15) is 5.82 Å². The largest absolute Gasteiger partial charge is 0.493 e. The lowest BCUT2D eigenvalue weighted by atomic mass is 10.1. The number of ether oxygens (including phenoxy) is 2. The van der Waals surface area contributed by atoms with Gasteiger partial charge in [-0.25, -0.2) is 4.98 Å². The van der Waals surface area contributed by atoms with Crippen molar-refractivity contribution in [2.45, 2.75) is 31.7 Å². The molecule has 0 radical (unpaired) electrons. The van der Waals surface area contributed by atoms with Crippen LogP contribution in [0, 0.1) is 0 Å². The van der Waals surface area contributed by atoms with Crippen LogP contribution in [0.2, 0.25) is 0 Å². The second-order valence-electron chi connectivity index (χ2n) is 9.18. The van der Waals surface area contributed by atoms with E-state index in [2.05, 4.69) is 33.1 Å². The number of aromatic nitrogens is 2. The van der Waals surface area contributed by atoms with Gasteiger partial charge in [-0.3, -0.25) is 4.79 Å². The molecule has 7 heteroatoms. The number of para-hydroxylation sites is 2. The van der Waals surface area contributed by atoms with Gasteiger partial charge in [0.25, 0.3) is 0 Å². The van der Waals surface area contributed by atoms with E-state index in [0.717, 1.165) is 63.5 Å². The van der Waals surface area contributed by atoms with E-state index in [4.69, 9.17) is 14.5 Å². The fourth-order valence-corrected chi connectivity index (χ4v) is 5.33. The third-order valence-electron chi connectivity index (χ3n) is 6.69. The van der Waals surface area contributed by atoms with E-state index in [1.54, 1.807) is 7.11 Å². The molecule has 1 unspecified atom stereocenters. The van der Waals surface area contributed by atoms with Gasteiger partial charge in [0.2, 0.25) is 5.91 Å². The minimum atomic E-state index is 0.0253. The number of imidazole rings is 1. The van der Waals surface area contributed by atoms with E-state index in [-0.39, 0.29) is 11.8 Å². The predicted octanol–water partition coefficient (Wildman–Crippen LogP) is 6.53. The number of aryl methyl sites for hydroxylation is 1. The van der Waals surface area contributed by atoms with Crippen molar-refractivity contribution in [3.8, 4) is 11.5 Å². The van der Waals surface area contributed by atoms with E-state index >= 15 is 0 Å². The topological polar surface area (TPSA) is 56.6 Å². The molecular formula is C30H30BrN3O3. The molecular weight excluding hydrogens is 530 g/mol. The first-order valence-electron chi connectivity index (χ1n) is 12.5. The lowest BCUT2D eigenvalue weighted by Gasteiger charge is -2.18. The van der Waals surface area contributed by atoms with Gasteiger partial charge in [-0.2, -0.15) is 0 Å². The molecule has 3 aromatic carbocycles. The van der Waals surface area contributed by atoms with Gasteiger partial charge in [0.05, 0.1) is 24.8 Å². The van der Waals surface area contributed by atoms with Crippen molar-refractivity contribution in [2.75, 3.05) is 25.2 Å². The van der Waals surface area contributed by atoms with Crippen LogP contribution in [0.3, 0.4) is 0 Å². The van der Waals surface area contributed by atoms with E-state index in [1.165, 1.54) is 0 Å². The average molecular weight is 560 g/mol. The molecule has 1 saturated heterocycles. The Morgan fingerprint density at radius 1 is 1.11 bits per heavy atom. The summed E-state index contributed by atoms with van der Waals surface area (Å²) < 4.78 is 14.8. The standard InChI is InChI=1S/C30H30BrN3O3/c1-3-8-21-13-14-27(28(17-21)36-2)37-16-7-15-33-26-12-5-4-11-25(26)32-30(33)22-18-29(35)34(20-22)24-10-6-9-23(31)19-24/h3-6,9-14,17,19,22H,1,7-8,15-16,18,20H2,2H3. The number of hydrogen-bond donors (Lipinski definition) is 0. The number of fused-ring (bicyclic) bond motifs is 1. The number of rotatable bonds is 10. The van der Waals surface area contributed by atoms with Crippen LogP contribution in [0.4, 0.5) is 5.69 Å². The van der Waals surface area contributed by atoms with Crippen molar-refractivity contribution < 1.29 is 14.3 Å². The second-order valence-corrected chi connectivity index (χ2v) is 10.1. The van der Waals surface area contributed by atoms with Crippen LogP contribution in [0.1, 0.15) is 30.1 Å². The van der Waals surface area contributed by atoms with Gasteiger partial charge < -0.3 is 18.9 Å². The number of hydrogen-bond acceptors (Lipinski definition) is 4. The van der Waals surface area contributed by atoms with Gasteiger partial charge in [-0.15, -0.1) is 6.58 Å². The molecule has 1 aromatic heterocycles. The average Bonchev–Trinajstić information content (AvgIpc) is 3.47. The Balaban J connectivity index is 1.32. The molecule has 2 heterocycles. The van der Waals surface area contributed by atoms with Gasteiger partial charge in [-0.1, -0.05) is 46.3 Å². The van der Waals surface area contributed by atoms with Crippen LogP contribution in [-0.2, 0) is 17.8 Å². The molecule has 0 saturated carbocycles. The van der Waals surface area contributed by atoms with Gasteiger partial charge in [0, 0.05) is 35.6 Å². The molecule has 1 aliphatic heterocycles. The number of methoxy groups -OCH3 is 1. The van der Waals surface area contributed by atoms with Crippen molar-refractivity contribution in [3.63, 3.8) is 0 Å². The maximum atomic E-state index is 13.0. The summed E-state index contributed by atoms with van der Waals surface area (Å²) in [6.07, 6.45) is 3.90. The van der Waals surface area contributed by atoms with Crippen molar-refractivity contribution in [1.82, 2.24) is 9.55 Å². The highest BCUT2D eigenvalue weighted by Crippen LogP contribution is 2.34. The normalized spacial score (nSPS) is 15.4. The smallest absolute Gasteiger partial charge is 0.227 e. The number of allylic oxidation sites excluding steroid dienone is 1. The molecule has 4 aromatic rings. The summed E-state index contributed by atoms with van der Waals surface area (Å²) in [6, 6.07) is 22.0. The first-order valence-corrected chi connectivity index (χ1v) is 13.3. The Kier molecular flexibility index (Phi) is 7.60. The van der Waals surface area contributed by atoms with Gasteiger partial charge in [-0.05, 0) is 60.9 Å². The zero-order valence-corrected chi connectivity index (χ0v) is 22.5. The van der Waals surface area contributed by atoms with Crippen LogP contribution in [0.15, 0.2) is 83.9 Å². The number of anilines is 1. The number of carbonyl (C=O) groups excluding carboxylic acids is 1. The molecule has 1 fully saturated rings. The number of halogens is 1. The van der Waals surface area contributed by atoms with Crippen LogP contribution in [0.25, 0.3) is 11.0 Å². The highest BCUT2D eigenvalue weighted by Gasteiger charge is 2.34. The van der Waals surface area contributed by atoms with Gasteiger partial charge >= 0.3 is 0 Å². The molecule has 6 nitrogen and oxygen atoms in total. The minimum Gasteiger partial charge on any atom is -0.493 e. The summed E-state index contributed by atoms with van der Waals surface area (Å²) >= 11 is 3.52. The molecule has 0 spiro atoms. The highest BCUT2D eigenvalue weighted by atomic mass is 79.9. The highest BCUT2D eigenvalue weighted by molar-refractivity contribution is 9.10. The number of nitrogens with zero attached hydrogens (tertiary/aromatic N) is 3. The monoisotopic (exact) mass is 559 g/mol. The Hall–Kier alpha value is -3.58. The molecule has 1 amide bonds. The summed E-state index contributed by atoms with van der Waals surface area (Å²) in [5.74, 6) is 2.56. The first kappa shape index (κ1) is 25.1. The summed E-state index contributed by atoms with van der Waals surface area (Å²) in [6.45, 7) is 5.70. The van der Waals surface area contributed by atoms with E-state index < -0.39 is 0 Å². The Morgan fingerprint density at radius 3 is 2.78 bits per heavy atom. The molecule has 5 rings (SSSR count). The predicted molar refractivity (Wildman–Crippen MR) is 151 cm³/mol. The summed E-state index contributed by atoms with van der Waals surface area (Å²) in [5, 5.41) is 0. The van der Waals surface area contributed by atoms with Crippen LogP contribution in [0.5, 0.6) is 11.5 Å². The Labute approximate surface area is 225 Å². The van der Waals surface area contributed by atoms with Gasteiger partial charge in [0.15, 0.2) is 11.5 Å². The van der Waals surface area contributed by atoms with Crippen LogP contribution in [-0.4, -0.2) is 35.7 Å². The molecule has 1 atom stereocenters. The molecule has 37 heavy (non-hydrogen) atoms. The maximum absolute atomic E-state index is 13.0. The van der Waals surface area contributed by atoms with Crippen molar-refractivity contribution in [1.29, 1.82) is 0 Å². The molecule has 1 aliphatic rings. The Morgan fingerprint density at radius 2 is 1.97 bits per heavy atom. The summed E-state index contributed by atoms with van der Waals surface area (Å²) in [7, 11) is 1.66. The van der Waals surface area contributed by atoms with Crippen LogP contribution >= 0.6 is 15.9 Å². The number of amides is 1.